The lowest BCUT2D eigenvalue weighted by Gasteiger charge is -2.20. The van der Waals surface area contributed by atoms with Gasteiger partial charge in [-0.2, -0.15) is 0 Å². The van der Waals surface area contributed by atoms with E-state index in [-0.39, 0.29) is 11.9 Å². The van der Waals surface area contributed by atoms with Gasteiger partial charge in [-0.3, -0.25) is 0 Å². The first-order chi connectivity index (χ1) is 9.56. The van der Waals surface area contributed by atoms with Crippen LogP contribution in [0.5, 0.6) is 5.75 Å². The minimum Gasteiger partial charge on any atom is -0.497 e. The molecule has 2 aromatic rings. The Balaban J connectivity index is 2.47. The third-order valence-electron chi connectivity index (χ3n) is 3.08. The van der Waals surface area contributed by atoms with Crippen molar-refractivity contribution in [3.05, 3.63) is 61.9 Å². The maximum atomic E-state index is 13.2. The summed E-state index contributed by atoms with van der Waals surface area (Å²) in [6.45, 7) is 0. The summed E-state index contributed by atoms with van der Waals surface area (Å²) in [5.41, 5.74) is 1.92. The lowest BCUT2D eigenvalue weighted by Crippen LogP contribution is -2.19. The SMILES string of the molecule is CNC(c1ccc(OC)cc1Cl)c1ccc(F)cc1I. The molecule has 1 atom stereocenters. The van der Waals surface area contributed by atoms with Crippen molar-refractivity contribution < 1.29 is 9.13 Å². The topological polar surface area (TPSA) is 21.3 Å². The third-order valence-corrected chi connectivity index (χ3v) is 4.34. The smallest absolute Gasteiger partial charge is 0.124 e. The highest BCUT2D eigenvalue weighted by Gasteiger charge is 2.18. The molecule has 0 saturated carbocycles. The van der Waals surface area contributed by atoms with Crippen molar-refractivity contribution in [3.63, 3.8) is 0 Å². The fourth-order valence-corrected chi connectivity index (χ4v) is 3.15. The van der Waals surface area contributed by atoms with Gasteiger partial charge in [0.25, 0.3) is 0 Å². The van der Waals surface area contributed by atoms with Gasteiger partial charge in [-0.1, -0.05) is 23.7 Å². The van der Waals surface area contributed by atoms with Crippen molar-refractivity contribution in [3.8, 4) is 5.75 Å². The molecule has 106 valence electrons. The maximum Gasteiger partial charge on any atom is 0.124 e. The normalized spacial score (nSPS) is 12.2. The Bertz CT molecular complexity index is 621. The minimum absolute atomic E-state index is 0.0964. The van der Waals surface area contributed by atoms with Crippen LogP contribution in [0.25, 0.3) is 0 Å². The highest BCUT2D eigenvalue weighted by atomic mass is 127. The predicted octanol–water partition coefficient (Wildman–Crippen LogP) is 4.40. The molecule has 0 saturated heterocycles. The van der Waals surface area contributed by atoms with Crippen LogP contribution in [0.3, 0.4) is 0 Å². The lowest BCUT2D eigenvalue weighted by atomic mass is 9.98. The average Bonchev–Trinajstić information content (AvgIpc) is 2.43. The molecule has 0 aliphatic rings. The van der Waals surface area contributed by atoms with E-state index >= 15 is 0 Å². The summed E-state index contributed by atoms with van der Waals surface area (Å²) in [6.07, 6.45) is 0. The Labute approximate surface area is 136 Å². The molecule has 1 N–H and O–H groups in total. The second-order valence-electron chi connectivity index (χ2n) is 4.27. The molecule has 2 nitrogen and oxygen atoms in total. The zero-order valence-corrected chi connectivity index (χ0v) is 14.0. The summed E-state index contributed by atoms with van der Waals surface area (Å²) in [5, 5.41) is 3.84. The molecule has 5 heteroatoms. The van der Waals surface area contributed by atoms with Crippen LogP contribution in [0.2, 0.25) is 5.02 Å². The van der Waals surface area contributed by atoms with E-state index in [1.54, 1.807) is 19.2 Å². The number of hydrogen-bond acceptors (Lipinski definition) is 2. The summed E-state index contributed by atoms with van der Waals surface area (Å²) in [4.78, 5) is 0. The summed E-state index contributed by atoms with van der Waals surface area (Å²) in [6, 6.07) is 10.2. The van der Waals surface area contributed by atoms with Crippen LogP contribution in [-0.4, -0.2) is 14.2 Å². The number of benzene rings is 2. The highest BCUT2D eigenvalue weighted by molar-refractivity contribution is 14.1. The standard InChI is InChI=1S/C15H14ClFINO/c1-19-15(12-5-3-9(17)7-14(12)18)11-6-4-10(20-2)8-13(11)16/h3-8,15,19H,1-2H3. The number of rotatable bonds is 4. The zero-order chi connectivity index (χ0) is 14.7. The summed E-state index contributed by atoms with van der Waals surface area (Å²) < 4.78 is 19.2. The van der Waals surface area contributed by atoms with Crippen molar-refractivity contribution in [1.82, 2.24) is 5.32 Å². The average molecular weight is 406 g/mol. The van der Waals surface area contributed by atoms with Gasteiger partial charge in [0.15, 0.2) is 0 Å². The number of ether oxygens (including phenoxy) is 1. The molecule has 1 unspecified atom stereocenters. The largest absolute Gasteiger partial charge is 0.497 e. The molecular formula is C15H14ClFINO. The summed E-state index contributed by atoms with van der Waals surface area (Å²) >= 11 is 8.45. The van der Waals surface area contributed by atoms with E-state index in [0.717, 1.165) is 14.7 Å². The number of nitrogens with one attached hydrogen (secondary N) is 1. The molecule has 20 heavy (non-hydrogen) atoms. The van der Waals surface area contributed by atoms with Crippen LogP contribution in [0.1, 0.15) is 17.2 Å². The Kier molecular flexibility index (Phi) is 5.23. The second kappa shape index (κ2) is 6.74. The quantitative estimate of drug-likeness (QED) is 0.761. The van der Waals surface area contributed by atoms with Crippen LogP contribution in [0, 0.1) is 9.39 Å². The first kappa shape index (κ1) is 15.5. The van der Waals surface area contributed by atoms with Crippen molar-refractivity contribution in [2.45, 2.75) is 6.04 Å². The Morgan fingerprint density at radius 2 is 1.90 bits per heavy atom. The van der Waals surface area contributed by atoms with E-state index in [4.69, 9.17) is 16.3 Å². The fourth-order valence-electron chi connectivity index (χ4n) is 2.08. The van der Waals surface area contributed by atoms with Crippen molar-refractivity contribution in [2.75, 3.05) is 14.2 Å². The third kappa shape index (κ3) is 3.24. The molecule has 0 spiro atoms. The number of halogens is 3. The van der Waals surface area contributed by atoms with Gasteiger partial charge in [-0.15, -0.1) is 0 Å². The Hall–Kier alpha value is -0.850. The van der Waals surface area contributed by atoms with Crippen LogP contribution >= 0.6 is 34.2 Å². The van der Waals surface area contributed by atoms with E-state index in [2.05, 4.69) is 27.9 Å². The minimum atomic E-state index is -0.242. The molecule has 0 bridgehead atoms. The van der Waals surface area contributed by atoms with Gasteiger partial charge >= 0.3 is 0 Å². The van der Waals surface area contributed by atoms with E-state index in [1.165, 1.54) is 12.1 Å². The highest BCUT2D eigenvalue weighted by Crippen LogP contribution is 2.33. The van der Waals surface area contributed by atoms with Crippen LogP contribution in [0.15, 0.2) is 36.4 Å². The molecule has 0 radical (unpaired) electrons. The van der Waals surface area contributed by atoms with E-state index in [9.17, 15) is 4.39 Å². The lowest BCUT2D eigenvalue weighted by molar-refractivity contribution is 0.414. The molecule has 2 aromatic carbocycles. The van der Waals surface area contributed by atoms with Gasteiger partial charge in [0.2, 0.25) is 0 Å². The van der Waals surface area contributed by atoms with Crippen molar-refractivity contribution in [1.29, 1.82) is 0 Å². The fraction of sp³-hybridized carbons (Fsp3) is 0.200. The van der Waals surface area contributed by atoms with Gasteiger partial charge in [0, 0.05) is 8.59 Å². The van der Waals surface area contributed by atoms with Crippen LogP contribution in [0.4, 0.5) is 4.39 Å². The van der Waals surface area contributed by atoms with Crippen molar-refractivity contribution in [2.24, 2.45) is 0 Å². The van der Waals surface area contributed by atoms with Gasteiger partial charge in [-0.25, -0.2) is 4.39 Å². The zero-order valence-electron chi connectivity index (χ0n) is 11.1. The molecule has 0 aromatic heterocycles. The first-order valence-electron chi connectivity index (χ1n) is 6.02. The van der Waals surface area contributed by atoms with Gasteiger partial charge in [0.1, 0.15) is 11.6 Å². The van der Waals surface area contributed by atoms with Crippen molar-refractivity contribution >= 4 is 34.2 Å². The Morgan fingerprint density at radius 1 is 1.20 bits per heavy atom. The van der Waals surface area contributed by atoms with Gasteiger partial charge in [-0.05, 0) is 65.0 Å². The molecular weight excluding hydrogens is 392 g/mol. The van der Waals surface area contributed by atoms with E-state index in [0.29, 0.717) is 10.8 Å². The first-order valence-corrected chi connectivity index (χ1v) is 7.48. The maximum absolute atomic E-state index is 13.2. The predicted molar refractivity (Wildman–Crippen MR) is 88.0 cm³/mol. The second-order valence-corrected chi connectivity index (χ2v) is 5.84. The Morgan fingerprint density at radius 3 is 2.45 bits per heavy atom. The van der Waals surface area contributed by atoms with Crippen LogP contribution < -0.4 is 10.1 Å². The molecule has 0 aliphatic carbocycles. The molecule has 0 amide bonds. The number of methoxy groups -OCH3 is 1. The summed E-state index contributed by atoms with van der Waals surface area (Å²) in [7, 11) is 3.45. The monoisotopic (exact) mass is 405 g/mol. The van der Waals surface area contributed by atoms with Crippen LogP contribution in [-0.2, 0) is 0 Å². The van der Waals surface area contributed by atoms with E-state index in [1.807, 2.05) is 19.2 Å². The molecule has 0 fully saturated rings. The number of hydrogen-bond donors (Lipinski definition) is 1. The van der Waals surface area contributed by atoms with E-state index < -0.39 is 0 Å². The molecule has 0 heterocycles. The van der Waals surface area contributed by atoms with Gasteiger partial charge < -0.3 is 10.1 Å². The van der Waals surface area contributed by atoms with Gasteiger partial charge in [0.05, 0.1) is 13.2 Å². The molecule has 0 aliphatic heterocycles. The molecule has 2 rings (SSSR count). The summed E-state index contributed by atoms with van der Waals surface area (Å²) in [5.74, 6) is 0.469.